The van der Waals surface area contributed by atoms with E-state index in [-0.39, 0.29) is 0 Å². The van der Waals surface area contributed by atoms with Gasteiger partial charge in [0.1, 0.15) is 12.0 Å². The second kappa shape index (κ2) is 5.21. The Morgan fingerprint density at radius 3 is 3.00 bits per heavy atom. The van der Waals surface area contributed by atoms with Crippen molar-refractivity contribution >= 4 is 11.6 Å². The molecule has 0 aliphatic heterocycles. The van der Waals surface area contributed by atoms with Crippen LogP contribution in [0.2, 0.25) is 5.02 Å². The summed E-state index contributed by atoms with van der Waals surface area (Å²) >= 11 is 5.90. The van der Waals surface area contributed by atoms with Crippen molar-refractivity contribution in [1.29, 1.82) is 0 Å². The van der Waals surface area contributed by atoms with Crippen molar-refractivity contribution < 1.29 is 9.15 Å². The lowest BCUT2D eigenvalue weighted by atomic mass is 10.2. The summed E-state index contributed by atoms with van der Waals surface area (Å²) in [5.41, 5.74) is 1.64. The number of halogens is 1. The minimum absolute atomic E-state index is 0.531. The van der Waals surface area contributed by atoms with E-state index in [1.165, 1.54) is 0 Å². The van der Waals surface area contributed by atoms with Gasteiger partial charge in [-0.25, -0.2) is 4.98 Å². The zero-order chi connectivity index (χ0) is 12.3. The van der Waals surface area contributed by atoms with Crippen LogP contribution in [0.5, 0.6) is 5.75 Å². The van der Waals surface area contributed by atoms with Crippen LogP contribution in [-0.2, 0) is 6.54 Å². The van der Waals surface area contributed by atoms with Crippen molar-refractivity contribution in [2.24, 2.45) is 0 Å². The van der Waals surface area contributed by atoms with Gasteiger partial charge < -0.3 is 14.5 Å². The highest BCUT2D eigenvalue weighted by Crippen LogP contribution is 2.31. The van der Waals surface area contributed by atoms with Crippen LogP contribution in [0.3, 0.4) is 0 Å². The number of hydrogen-bond donors (Lipinski definition) is 1. The van der Waals surface area contributed by atoms with E-state index in [1.54, 1.807) is 25.5 Å². The molecule has 0 bridgehead atoms. The molecule has 0 saturated carbocycles. The van der Waals surface area contributed by atoms with E-state index in [4.69, 9.17) is 20.8 Å². The Hall–Kier alpha value is -1.52. The first-order chi connectivity index (χ1) is 8.24. The van der Waals surface area contributed by atoms with Crippen LogP contribution in [0.25, 0.3) is 11.5 Å². The summed E-state index contributed by atoms with van der Waals surface area (Å²) in [6.07, 6.45) is 1.62. The number of aromatic nitrogens is 1. The average Bonchev–Trinajstić information content (AvgIpc) is 2.78. The molecule has 1 aromatic carbocycles. The number of nitrogens with zero attached hydrogens (tertiary/aromatic N) is 1. The summed E-state index contributed by atoms with van der Waals surface area (Å²) in [4.78, 5) is 4.36. The second-order valence-corrected chi connectivity index (χ2v) is 3.96. The van der Waals surface area contributed by atoms with Gasteiger partial charge in [0.25, 0.3) is 0 Å². The van der Waals surface area contributed by atoms with Crippen molar-refractivity contribution in [2.75, 3.05) is 14.2 Å². The van der Waals surface area contributed by atoms with Crippen molar-refractivity contribution in [3.63, 3.8) is 0 Å². The fraction of sp³-hybridized carbons (Fsp3) is 0.250. The maximum atomic E-state index is 5.90. The summed E-state index contributed by atoms with van der Waals surface area (Å²) in [7, 11) is 3.45. The molecule has 5 heteroatoms. The molecular weight excluding hydrogens is 240 g/mol. The first-order valence-corrected chi connectivity index (χ1v) is 5.55. The van der Waals surface area contributed by atoms with Gasteiger partial charge in [-0.15, -0.1) is 0 Å². The van der Waals surface area contributed by atoms with Crippen LogP contribution in [-0.4, -0.2) is 19.1 Å². The topological polar surface area (TPSA) is 47.3 Å². The number of benzene rings is 1. The van der Waals surface area contributed by atoms with E-state index in [2.05, 4.69) is 10.3 Å². The standard InChI is InChI=1S/C12H13ClN2O2/c1-14-6-9-7-17-12(15-9)10-4-3-8(13)5-11(10)16-2/h3-5,7,14H,6H2,1-2H3. The molecule has 0 radical (unpaired) electrons. The molecule has 2 aromatic rings. The first kappa shape index (κ1) is 12.0. The molecule has 17 heavy (non-hydrogen) atoms. The SMILES string of the molecule is CNCc1coc(-c2ccc(Cl)cc2OC)n1. The largest absolute Gasteiger partial charge is 0.496 e. The third-order valence-electron chi connectivity index (χ3n) is 2.30. The Balaban J connectivity index is 2.37. The van der Waals surface area contributed by atoms with Crippen molar-refractivity contribution in [3.05, 3.63) is 35.2 Å². The average molecular weight is 253 g/mol. The molecule has 1 heterocycles. The minimum Gasteiger partial charge on any atom is -0.496 e. The lowest BCUT2D eigenvalue weighted by Crippen LogP contribution is -2.04. The summed E-state index contributed by atoms with van der Waals surface area (Å²) in [6, 6.07) is 5.34. The molecule has 0 spiro atoms. The van der Waals surface area contributed by atoms with Crippen molar-refractivity contribution in [3.8, 4) is 17.2 Å². The van der Waals surface area contributed by atoms with E-state index in [9.17, 15) is 0 Å². The molecule has 90 valence electrons. The fourth-order valence-electron chi connectivity index (χ4n) is 1.53. The first-order valence-electron chi connectivity index (χ1n) is 5.17. The highest BCUT2D eigenvalue weighted by atomic mass is 35.5. The minimum atomic E-state index is 0.531. The third kappa shape index (κ3) is 2.60. The zero-order valence-corrected chi connectivity index (χ0v) is 10.4. The number of methoxy groups -OCH3 is 1. The molecule has 1 N–H and O–H groups in total. The van der Waals surface area contributed by atoms with Gasteiger partial charge in [-0.2, -0.15) is 0 Å². The van der Waals surface area contributed by atoms with Gasteiger partial charge in [0.05, 0.1) is 18.4 Å². The molecular formula is C12H13ClN2O2. The Kier molecular flexibility index (Phi) is 3.66. The molecule has 0 fully saturated rings. The molecule has 0 unspecified atom stereocenters. The van der Waals surface area contributed by atoms with Crippen LogP contribution >= 0.6 is 11.6 Å². The van der Waals surface area contributed by atoms with Crippen molar-refractivity contribution in [2.45, 2.75) is 6.54 Å². The summed E-state index contributed by atoms with van der Waals surface area (Å²) in [6.45, 7) is 0.666. The molecule has 2 rings (SSSR count). The van der Waals surface area contributed by atoms with Crippen molar-refractivity contribution in [1.82, 2.24) is 10.3 Å². The van der Waals surface area contributed by atoms with E-state index in [1.807, 2.05) is 13.1 Å². The summed E-state index contributed by atoms with van der Waals surface area (Å²) in [5, 5.41) is 3.63. The molecule has 1 aromatic heterocycles. The van der Waals surface area contributed by atoms with E-state index >= 15 is 0 Å². The fourth-order valence-corrected chi connectivity index (χ4v) is 1.70. The number of rotatable bonds is 4. The highest BCUT2D eigenvalue weighted by Gasteiger charge is 2.12. The van der Waals surface area contributed by atoms with Gasteiger partial charge in [0.15, 0.2) is 0 Å². The Labute approximate surface area is 105 Å². The number of nitrogens with one attached hydrogen (secondary N) is 1. The maximum absolute atomic E-state index is 5.90. The quantitative estimate of drug-likeness (QED) is 0.909. The van der Waals surface area contributed by atoms with E-state index in [0.29, 0.717) is 23.2 Å². The van der Waals surface area contributed by atoms with Crippen LogP contribution in [0.1, 0.15) is 5.69 Å². The molecule has 0 saturated heterocycles. The Morgan fingerprint density at radius 2 is 2.29 bits per heavy atom. The molecule has 4 nitrogen and oxygen atoms in total. The lowest BCUT2D eigenvalue weighted by molar-refractivity contribution is 0.414. The van der Waals surface area contributed by atoms with Crippen LogP contribution in [0.15, 0.2) is 28.9 Å². The van der Waals surface area contributed by atoms with E-state index < -0.39 is 0 Å². The van der Waals surface area contributed by atoms with Crippen LogP contribution < -0.4 is 10.1 Å². The molecule has 0 aliphatic rings. The van der Waals surface area contributed by atoms with Gasteiger partial charge in [-0.3, -0.25) is 0 Å². The van der Waals surface area contributed by atoms with Crippen LogP contribution in [0, 0.1) is 0 Å². The van der Waals surface area contributed by atoms with E-state index in [0.717, 1.165) is 11.3 Å². The van der Waals surface area contributed by atoms with Gasteiger partial charge in [0.2, 0.25) is 5.89 Å². The number of oxazole rings is 1. The summed E-state index contributed by atoms with van der Waals surface area (Å²) < 4.78 is 10.7. The number of hydrogen-bond acceptors (Lipinski definition) is 4. The smallest absolute Gasteiger partial charge is 0.229 e. The molecule has 0 amide bonds. The maximum Gasteiger partial charge on any atom is 0.229 e. The zero-order valence-electron chi connectivity index (χ0n) is 9.66. The van der Waals surface area contributed by atoms with Gasteiger partial charge >= 0.3 is 0 Å². The monoisotopic (exact) mass is 252 g/mol. The van der Waals surface area contributed by atoms with Crippen LogP contribution in [0.4, 0.5) is 0 Å². The normalized spacial score (nSPS) is 10.5. The predicted octanol–water partition coefficient (Wildman–Crippen LogP) is 2.72. The lowest BCUT2D eigenvalue weighted by Gasteiger charge is -2.05. The highest BCUT2D eigenvalue weighted by molar-refractivity contribution is 6.30. The Bertz CT molecular complexity index is 511. The third-order valence-corrected chi connectivity index (χ3v) is 2.54. The van der Waals surface area contributed by atoms with Gasteiger partial charge in [-0.1, -0.05) is 11.6 Å². The number of ether oxygens (including phenoxy) is 1. The molecule has 0 aliphatic carbocycles. The summed E-state index contributed by atoms with van der Waals surface area (Å²) in [5.74, 6) is 1.18. The predicted molar refractivity (Wildman–Crippen MR) is 66.3 cm³/mol. The van der Waals surface area contributed by atoms with Gasteiger partial charge in [0, 0.05) is 11.6 Å². The van der Waals surface area contributed by atoms with Gasteiger partial charge in [-0.05, 0) is 25.2 Å². The Morgan fingerprint density at radius 1 is 1.47 bits per heavy atom. The molecule has 0 atom stereocenters. The second-order valence-electron chi connectivity index (χ2n) is 3.52.